The number of nitrogens with zero attached hydrogens (tertiary/aromatic N) is 2. The molecule has 0 saturated carbocycles. The summed E-state index contributed by atoms with van der Waals surface area (Å²) in [6.45, 7) is 4.84. The smallest absolute Gasteiger partial charge is 0.139 e. The highest BCUT2D eigenvalue weighted by Gasteiger charge is 2.06. The SMILES string of the molecule is CCCNc1cc(Nc2cc(F)c(Br)cc2C)ncn1. The van der Waals surface area contributed by atoms with E-state index in [-0.39, 0.29) is 5.82 Å². The van der Waals surface area contributed by atoms with Gasteiger partial charge < -0.3 is 10.6 Å². The minimum Gasteiger partial charge on any atom is -0.370 e. The molecule has 0 aliphatic rings. The average Bonchev–Trinajstić information content (AvgIpc) is 2.43. The molecule has 1 aromatic carbocycles. The van der Waals surface area contributed by atoms with Gasteiger partial charge in [0.05, 0.1) is 4.47 Å². The second-order valence-corrected chi connectivity index (χ2v) is 5.28. The van der Waals surface area contributed by atoms with Crippen LogP contribution in [0.5, 0.6) is 0 Å². The van der Waals surface area contributed by atoms with Gasteiger partial charge in [-0.05, 0) is 47.0 Å². The van der Waals surface area contributed by atoms with E-state index in [4.69, 9.17) is 0 Å². The number of hydrogen-bond donors (Lipinski definition) is 2. The number of aryl methyl sites for hydroxylation is 1. The van der Waals surface area contributed by atoms with Gasteiger partial charge in [0.1, 0.15) is 23.8 Å². The number of hydrogen-bond acceptors (Lipinski definition) is 4. The predicted molar refractivity (Wildman–Crippen MR) is 82.9 cm³/mol. The van der Waals surface area contributed by atoms with Crippen molar-refractivity contribution >= 4 is 33.3 Å². The van der Waals surface area contributed by atoms with Crippen molar-refractivity contribution in [2.24, 2.45) is 0 Å². The Morgan fingerprint density at radius 3 is 2.70 bits per heavy atom. The van der Waals surface area contributed by atoms with E-state index in [1.165, 1.54) is 12.4 Å². The van der Waals surface area contributed by atoms with E-state index < -0.39 is 0 Å². The maximum absolute atomic E-state index is 13.6. The third-order valence-corrected chi connectivity index (χ3v) is 3.36. The fourth-order valence-electron chi connectivity index (χ4n) is 1.69. The lowest BCUT2D eigenvalue weighted by molar-refractivity contribution is 0.621. The van der Waals surface area contributed by atoms with Gasteiger partial charge in [-0.1, -0.05) is 6.92 Å². The van der Waals surface area contributed by atoms with E-state index in [1.54, 1.807) is 12.1 Å². The highest BCUT2D eigenvalue weighted by Crippen LogP contribution is 2.26. The minimum absolute atomic E-state index is 0.309. The normalized spacial score (nSPS) is 10.4. The Hall–Kier alpha value is -1.69. The summed E-state index contributed by atoms with van der Waals surface area (Å²) >= 11 is 3.17. The van der Waals surface area contributed by atoms with Gasteiger partial charge in [-0.2, -0.15) is 0 Å². The molecule has 20 heavy (non-hydrogen) atoms. The lowest BCUT2D eigenvalue weighted by Crippen LogP contribution is -2.04. The molecular formula is C14H16BrFN4. The van der Waals surface area contributed by atoms with Gasteiger partial charge in [0.2, 0.25) is 0 Å². The standard InChI is InChI=1S/C14H16BrFN4/c1-3-4-17-13-7-14(19-8-18-13)20-12-6-11(16)10(15)5-9(12)2/h5-8H,3-4H2,1-2H3,(H2,17,18,19,20). The van der Waals surface area contributed by atoms with Crippen LogP contribution in [0.2, 0.25) is 0 Å². The Bertz CT molecular complexity index is 604. The lowest BCUT2D eigenvalue weighted by Gasteiger charge is -2.11. The molecule has 0 saturated heterocycles. The topological polar surface area (TPSA) is 49.8 Å². The molecule has 0 aliphatic carbocycles. The molecule has 4 nitrogen and oxygen atoms in total. The van der Waals surface area contributed by atoms with Gasteiger partial charge in [0.25, 0.3) is 0 Å². The minimum atomic E-state index is -0.309. The third-order valence-electron chi connectivity index (χ3n) is 2.75. The number of benzene rings is 1. The number of nitrogens with one attached hydrogen (secondary N) is 2. The van der Waals surface area contributed by atoms with E-state index in [0.717, 1.165) is 24.3 Å². The highest BCUT2D eigenvalue weighted by molar-refractivity contribution is 9.10. The Labute approximate surface area is 126 Å². The molecule has 0 unspecified atom stereocenters. The summed E-state index contributed by atoms with van der Waals surface area (Å²) in [6.07, 6.45) is 2.49. The first-order valence-corrected chi connectivity index (χ1v) is 7.18. The summed E-state index contributed by atoms with van der Waals surface area (Å²) in [4.78, 5) is 8.27. The quantitative estimate of drug-likeness (QED) is 0.855. The van der Waals surface area contributed by atoms with Gasteiger partial charge in [0.15, 0.2) is 0 Å². The number of anilines is 3. The Morgan fingerprint density at radius 2 is 1.95 bits per heavy atom. The molecule has 0 radical (unpaired) electrons. The van der Waals surface area contributed by atoms with Crippen LogP contribution in [0.15, 0.2) is 29.0 Å². The van der Waals surface area contributed by atoms with Crippen LogP contribution in [-0.4, -0.2) is 16.5 Å². The zero-order valence-electron chi connectivity index (χ0n) is 11.4. The Kier molecular flexibility index (Phi) is 4.89. The second kappa shape index (κ2) is 6.65. The van der Waals surface area contributed by atoms with Crippen LogP contribution in [0.3, 0.4) is 0 Å². The summed E-state index contributed by atoms with van der Waals surface area (Å²) in [5, 5.41) is 6.29. The molecule has 2 rings (SSSR count). The zero-order valence-corrected chi connectivity index (χ0v) is 13.0. The van der Waals surface area contributed by atoms with Crippen LogP contribution in [0.4, 0.5) is 21.7 Å². The summed E-state index contributed by atoms with van der Waals surface area (Å²) in [5.41, 5.74) is 1.62. The van der Waals surface area contributed by atoms with Crippen molar-refractivity contribution in [1.82, 2.24) is 9.97 Å². The summed E-state index contributed by atoms with van der Waals surface area (Å²) in [5.74, 6) is 1.07. The molecule has 106 valence electrons. The number of halogens is 2. The zero-order chi connectivity index (χ0) is 14.5. The molecule has 6 heteroatoms. The average molecular weight is 339 g/mol. The van der Waals surface area contributed by atoms with Crippen molar-refractivity contribution in [3.8, 4) is 0 Å². The first-order chi connectivity index (χ1) is 9.60. The summed E-state index contributed by atoms with van der Waals surface area (Å²) in [6, 6.07) is 4.98. The molecule has 0 atom stereocenters. The van der Waals surface area contributed by atoms with E-state index in [9.17, 15) is 4.39 Å². The molecular weight excluding hydrogens is 323 g/mol. The van der Waals surface area contributed by atoms with Crippen LogP contribution < -0.4 is 10.6 Å². The summed E-state index contributed by atoms with van der Waals surface area (Å²) < 4.78 is 14.0. The first kappa shape index (κ1) is 14.7. The molecule has 0 spiro atoms. The molecule has 0 aliphatic heterocycles. The van der Waals surface area contributed by atoms with Crippen molar-refractivity contribution in [3.63, 3.8) is 0 Å². The molecule has 0 amide bonds. The molecule has 2 aromatic rings. The summed E-state index contributed by atoms with van der Waals surface area (Å²) in [7, 11) is 0. The van der Waals surface area contributed by atoms with Crippen LogP contribution in [0.25, 0.3) is 0 Å². The van der Waals surface area contributed by atoms with Crippen molar-refractivity contribution < 1.29 is 4.39 Å². The highest BCUT2D eigenvalue weighted by atomic mass is 79.9. The van der Waals surface area contributed by atoms with E-state index >= 15 is 0 Å². The van der Waals surface area contributed by atoms with E-state index in [1.807, 2.05) is 6.92 Å². The maximum Gasteiger partial charge on any atom is 0.139 e. The molecule has 2 N–H and O–H groups in total. The van der Waals surface area contributed by atoms with Crippen LogP contribution >= 0.6 is 15.9 Å². The van der Waals surface area contributed by atoms with Gasteiger partial charge in [-0.3, -0.25) is 0 Å². The number of rotatable bonds is 5. The van der Waals surface area contributed by atoms with Crippen LogP contribution in [-0.2, 0) is 0 Å². The van der Waals surface area contributed by atoms with Crippen molar-refractivity contribution in [3.05, 3.63) is 40.4 Å². The van der Waals surface area contributed by atoms with Gasteiger partial charge in [-0.15, -0.1) is 0 Å². The van der Waals surface area contributed by atoms with Crippen LogP contribution in [0, 0.1) is 12.7 Å². The van der Waals surface area contributed by atoms with Gasteiger partial charge in [-0.25, -0.2) is 14.4 Å². The fourth-order valence-corrected chi connectivity index (χ4v) is 2.15. The van der Waals surface area contributed by atoms with Gasteiger partial charge in [0, 0.05) is 18.3 Å². The first-order valence-electron chi connectivity index (χ1n) is 6.38. The van der Waals surface area contributed by atoms with Crippen LogP contribution in [0.1, 0.15) is 18.9 Å². The van der Waals surface area contributed by atoms with Crippen molar-refractivity contribution in [2.45, 2.75) is 20.3 Å². The van der Waals surface area contributed by atoms with Crippen molar-refractivity contribution in [2.75, 3.05) is 17.2 Å². The fraction of sp³-hybridized carbons (Fsp3) is 0.286. The maximum atomic E-state index is 13.6. The third kappa shape index (κ3) is 3.66. The lowest BCUT2D eigenvalue weighted by atomic mass is 10.2. The molecule has 0 fully saturated rings. The monoisotopic (exact) mass is 338 g/mol. The Balaban J connectivity index is 2.19. The molecule has 0 bridgehead atoms. The second-order valence-electron chi connectivity index (χ2n) is 4.42. The van der Waals surface area contributed by atoms with E-state index in [2.05, 4.69) is 43.5 Å². The van der Waals surface area contributed by atoms with E-state index in [0.29, 0.717) is 16.0 Å². The van der Waals surface area contributed by atoms with Crippen molar-refractivity contribution in [1.29, 1.82) is 0 Å². The molecule has 1 aromatic heterocycles. The number of aromatic nitrogens is 2. The molecule has 1 heterocycles. The van der Waals surface area contributed by atoms with Gasteiger partial charge >= 0.3 is 0 Å². The predicted octanol–water partition coefficient (Wildman–Crippen LogP) is 4.25. The Morgan fingerprint density at radius 1 is 1.20 bits per heavy atom. The largest absolute Gasteiger partial charge is 0.370 e.